The Labute approximate surface area is 153 Å². The number of nitrogens with one attached hydrogen (secondary N) is 1. The Hall–Kier alpha value is -3.32. The van der Waals surface area contributed by atoms with Gasteiger partial charge in [0, 0.05) is 21.8 Å². The molecule has 1 heteroatoms. The van der Waals surface area contributed by atoms with Gasteiger partial charge in [0.05, 0.1) is 0 Å². The summed E-state index contributed by atoms with van der Waals surface area (Å²) in [6, 6.07) is 35.8. The summed E-state index contributed by atoms with van der Waals surface area (Å²) in [6.45, 7) is 2.13. The Morgan fingerprint density at radius 3 is 1.88 bits per heavy atom. The van der Waals surface area contributed by atoms with E-state index in [1.54, 1.807) is 0 Å². The minimum atomic E-state index is 1.20. The number of rotatable bonds is 1. The van der Waals surface area contributed by atoms with E-state index < -0.39 is 0 Å². The first kappa shape index (κ1) is 16.2. The second-order valence-electron chi connectivity index (χ2n) is 6.46. The third-order valence-corrected chi connectivity index (χ3v) is 4.52. The van der Waals surface area contributed by atoms with Gasteiger partial charge in [-0.3, -0.25) is 0 Å². The van der Waals surface area contributed by atoms with Gasteiger partial charge in [0.2, 0.25) is 0 Å². The Morgan fingerprint density at radius 1 is 0.500 bits per heavy atom. The topological polar surface area (TPSA) is 15.8 Å². The van der Waals surface area contributed by atoms with Crippen molar-refractivity contribution in [1.29, 1.82) is 0 Å². The van der Waals surface area contributed by atoms with Crippen LogP contribution in [0, 0.1) is 6.92 Å². The van der Waals surface area contributed by atoms with E-state index in [0.717, 1.165) is 0 Å². The third kappa shape index (κ3) is 3.38. The second kappa shape index (κ2) is 7.28. The van der Waals surface area contributed by atoms with Crippen molar-refractivity contribution in [1.82, 2.24) is 4.98 Å². The fourth-order valence-electron chi connectivity index (χ4n) is 3.24. The van der Waals surface area contributed by atoms with E-state index in [2.05, 4.69) is 78.6 Å². The summed E-state index contributed by atoms with van der Waals surface area (Å²) in [5, 5.41) is 2.58. The minimum Gasteiger partial charge on any atom is -0.355 e. The van der Waals surface area contributed by atoms with Gasteiger partial charge in [-0.2, -0.15) is 0 Å². The van der Waals surface area contributed by atoms with Crippen LogP contribution in [0.2, 0.25) is 0 Å². The third-order valence-electron chi connectivity index (χ3n) is 4.52. The van der Waals surface area contributed by atoms with Crippen LogP contribution >= 0.6 is 0 Å². The van der Waals surface area contributed by atoms with Gasteiger partial charge in [-0.1, -0.05) is 90.5 Å². The van der Waals surface area contributed by atoms with Crippen molar-refractivity contribution in [3.8, 4) is 11.1 Å². The summed E-state index contributed by atoms with van der Waals surface area (Å²) < 4.78 is 0. The lowest BCUT2D eigenvalue weighted by Gasteiger charge is -2.03. The molecule has 1 aromatic heterocycles. The zero-order valence-electron chi connectivity index (χ0n) is 14.8. The zero-order valence-corrected chi connectivity index (χ0v) is 14.8. The minimum absolute atomic E-state index is 1.20. The first-order valence-electron chi connectivity index (χ1n) is 8.89. The highest BCUT2D eigenvalue weighted by atomic mass is 14.7. The maximum atomic E-state index is 3.47. The highest BCUT2D eigenvalue weighted by Crippen LogP contribution is 2.30. The molecule has 26 heavy (non-hydrogen) atoms. The summed E-state index contributed by atoms with van der Waals surface area (Å²) in [4.78, 5) is 3.47. The average molecular weight is 335 g/mol. The molecule has 1 N–H and O–H groups in total. The second-order valence-corrected chi connectivity index (χ2v) is 6.46. The van der Waals surface area contributed by atoms with Crippen molar-refractivity contribution in [2.24, 2.45) is 0 Å². The molecule has 0 bridgehead atoms. The van der Waals surface area contributed by atoms with Gasteiger partial charge in [0.15, 0.2) is 0 Å². The molecule has 0 aliphatic heterocycles. The highest BCUT2D eigenvalue weighted by Gasteiger charge is 2.05. The Bertz CT molecular complexity index is 1110. The van der Waals surface area contributed by atoms with Crippen LogP contribution in [0.1, 0.15) is 5.56 Å². The van der Waals surface area contributed by atoms with Gasteiger partial charge in [-0.15, -0.1) is 0 Å². The van der Waals surface area contributed by atoms with E-state index in [9.17, 15) is 0 Å². The Morgan fingerprint density at radius 2 is 1.15 bits per heavy atom. The highest BCUT2D eigenvalue weighted by molar-refractivity contribution is 6.08. The van der Waals surface area contributed by atoms with Crippen LogP contribution in [0.5, 0.6) is 0 Å². The first-order valence-corrected chi connectivity index (χ1v) is 8.89. The fraction of sp³-hybridized carbons (Fsp3) is 0.0400. The lowest BCUT2D eigenvalue weighted by Crippen LogP contribution is -1.79. The monoisotopic (exact) mass is 335 g/mol. The number of H-pyrrole nitrogens is 1. The molecule has 0 spiro atoms. The van der Waals surface area contributed by atoms with Crippen molar-refractivity contribution in [2.75, 3.05) is 0 Å². The van der Waals surface area contributed by atoms with Gasteiger partial charge in [-0.05, 0) is 36.2 Å². The van der Waals surface area contributed by atoms with E-state index in [1.165, 1.54) is 38.5 Å². The van der Waals surface area contributed by atoms with Gasteiger partial charge < -0.3 is 4.98 Å². The van der Waals surface area contributed by atoms with Crippen LogP contribution in [-0.2, 0) is 0 Å². The maximum absolute atomic E-state index is 3.47. The summed E-state index contributed by atoms with van der Waals surface area (Å²) >= 11 is 0. The molecule has 0 aliphatic rings. The van der Waals surface area contributed by atoms with Crippen molar-refractivity contribution in [3.63, 3.8) is 0 Å². The van der Waals surface area contributed by atoms with Crippen LogP contribution in [0.25, 0.3) is 32.9 Å². The number of benzene rings is 4. The normalized spacial score (nSPS) is 10.5. The van der Waals surface area contributed by atoms with Crippen LogP contribution in [0.15, 0.2) is 103 Å². The van der Waals surface area contributed by atoms with E-state index in [0.29, 0.717) is 0 Å². The number of fused-ring (bicyclic) bond motifs is 3. The zero-order chi connectivity index (χ0) is 17.8. The van der Waals surface area contributed by atoms with E-state index in [4.69, 9.17) is 0 Å². The standard InChI is InChI=1S/C19H15N.C6H6/c1-13-5-4-6-14(11-13)15-9-10-19-17(12-15)16-7-2-3-8-18(16)20-19;1-2-4-6-5-3-1/h2-12,20H,1H3;1-6H. The molecule has 0 atom stereocenters. The van der Waals surface area contributed by atoms with E-state index in [-0.39, 0.29) is 0 Å². The van der Waals surface area contributed by atoms with Gasteiger partial charge in [-0.25, -0.2) is 0 Å². The smallest absolute Gasteiger partial charge is 0.0465 e. The molecule has 5 aromatic rings. The largest absolute Gasteiger partial charge is 0.355 e. The Kier molecular flexibility index (Phi) is 4.53. The predicted molar refractivity (Wildman–Crippen MR) is 112 cm³/mol. The number of hydrogen-bond donors (Lipinski definition) is 1. The molecule has 5 rings (SSSR count). The van der Waals surface area contributed by atoms with Crippen LogP contribution < -0.4 is 0 Å². The van der Waals surface area contributed by atoms with E-state index >= 15 is 0 Å². The summed E-state index contributed by atoms with van der Waals surface area (Å²) in [5.41, 5.74) is 6.23. The molecular weight excluding hydrogens is 314 g/mol. The molecule has 1 nitrogen and oxygen atoms in total. The predicted octanol–water partition coefficient (Wildman–Crippen LogP) is 6.98. The van der Waals surface area contributed by atoms with Crippen molar-refractivity contribution in [3.05, 3.63) is 109 Å². The Balaban J connectivity index is 0.000000240. The molecular formula is C25H21N. The van der Waals surface area contributed by atoms with Crippen molar-refractivity contribution < 1.29 is 0 Å². The van der Waals surface area contributed by atoms with Crippen LogP contribution in [-0.4, -0.2) is 4.98 Å². The lowest BCUT2D eigenvalue weighted by atomic mass is 10.0. The van der Waals surface area contributed by atoms with Gasteiger partial charge in [0.1, 0.15) is 0 Å². The number of aryl methyl sites for hydroxylation is 1. The molecule has 1 heterocycles. The van der Waals surface area contributed by atoms with Crippen molar-refractivity contribution >= 4 is 21.8 Å². The maximum Gasteiger partial charge on any atom is 0.0465 e. The molecule has 0 saturated carbocycles. The van der Waals surface area contributed by atoms with Crippen LogP contribution in [0.4, 0.5) is 0 Å². The molecule has 0 saturated heterocycles. The SMILES string of the molecule is Cc1cccc(-c2ccc3[nH]c4ccccc4c3c2)c1.c1ccccc1. The lowest BCUT2D eigenvalue weighted by molar-refractivity contribution is 1.47. The number of aromatic nitrogens is 1. The molecule has 0 aliphatic carbocycles. The molecule has 0 fully saturated rings. The summed E-state index contributed by atoms with van der Waals surface area (Å²) in [7, 11) is 0. The summed E-state index contributed by atoms with van der Waals surface area (Å²) in [6.07, 6.45) is 0. The number of para-hydroxylation sites is 1. The van der Waals surface area contributed by atoms with Gasteiger partial charge >= 0.3 is 0 Å². The van der Waals surface area contributed by atoms with E-state index in [1.807, 2.05) is 36.4 Å². The molecule has 4 aromatic carbocycles. The quantitative estimate of drug-likeness (QED) is 0.340. The van der Waals surface area contributed by atoms with Gasteiger partial charge in [0.25, 0.3) is 0 Å². The number of hydrogen-bond acceptors (Lipinski definition) is 0. The first-order chi connectivity index (χ1) is 12.8. The molecule has 126 valence electrons. The average Bonchev–Trinajstić information content (AvgIpc) is 3.08. The van der Waals surface area contributed by atoms with Crippen molar-refractivity contribution in [2.45, 2.75) is 6.92 Å². The molecule has 0 radical (unpaired) electrons. The summed E-state index contributed by atoms with van der Waals surface area (Å²) in [5.74, 6) is 0. The number of aromatic amines is 1. The van der Waals surface area contributed by atoms with Crippen LogP contribution in [0.3, 0.4) is 0 Å². The molecule has 0 unspecified atom stereocenters. The molecule has 0 amide bonds. The fourth-order valence-corrected chi connectivity index (χ4v) is 3.24.